The molecule has 1 saturated carbocycles. The average molecular weight is 379 g/mol. The number of rotatable bonds is 5. The number of amides is 1. The lowest BCUT2D eigenvalue weighted by molar-refractivity contribution is 0.0881. The first-order valence-electron chi connectivity index (χ1n) is 8.10. The molecule has 2 aromatic heterocycles. The molecule has 132 valence electrons. The average Bonchev–Trinajstić information content (AvgIpc) is 2.65. The Kier molecular flexibility index (Phi) is 6.09. The molecule has 0 atom stereocenters. The molecule has 0 saturated heterocycles. The van der Waals surface area contributed by atoms with Crippen LogP contribution in [-0.4, -0.2) is 39.3 Å². The van der Waals surface area contributed by atoms with Crippen molar-refractivity contribution in [3.8, 4) is 6.01 Å². The lowest BCUT2D eigenvalue weighted by Gasteiger charge is -2.29. The lowest BCUT2D eigenvalue weighted by atomic mass is 9.93. The summed E-state index contributed by atoms with van der Waals surface area (Å²) in [6.45, 7) is 0. The summed E-state index contributed by atoms with van der Waals surface area (Å²) in [6.07, 6.45) is 10.1. The maximum absolute atomic E-state index is 12.5. The molecule has 8 heteroatoms. The number of hydrogen-bond donors (Lipinski definition) is 1. The van der Waals surface area contributed by atoms with E-state index in [0.29, 0.717) is 16.6 Å². The molecular formula is C17H19ClN4O2S. The highest BCUT2D eigenvalue weighted by atomic mass is 35.5. The van der Waals surface area contributed by atoms with Crippen LogP contribution in [0.2, 0.25) is 5.02 Å². The maximum Gasteiger partial charge on any atom is 0.316 e. The Balaban J connectivity index is 1.50. The van der Waals surface area contributed by atoms with Crippen LogP contribution < -0.4 is 10.1 Å². The van der Waals surface area contributed by atoms with Gasteiger partial charge in [-0.3, -0.25) is 4.79 Å². The van der Waals surface area contributed by atoms with Gasteiger partial charge in [-0.15, -0.1) is 11.8 Å². The summed E-state index contributed by atoms with van der Waals surface area (Å²) in [5.41, 5.74) is 0.628. The number of nitrogens with zero attached hydrogens (tertiary/aromatic N) is 3. The fraction of sp³-hybridized carbons (Fsp3) is 0.412. The molecule has 1 amide bonds. The van der Waals surface area contributed by atoms with Gasteiger partial charge in [0.15, 0.2) is 0 Å². The second-order valence-corrected chi connectivity index (χ2v) is 7.04. The van der Waals surface area contributed by atoms with Crippen LogP contribution in [0.25, 0.3) is 0 Å². The van der Waals surface area contributed by atoms with E-state index in [1.165, 1.54) is 24.2 Å². The van der Waals surface area contributed by atoms with E-state index in [0.717, 1.165) is 30.7 Å². The Morgan fingerprint density at radius 3 is 2.64 bits per heavy atom. The van der Waals surface area contributed by atoms with Gasteiger partial charge in [0.1, 0.15) is 11.1 Å². The zero-order valence-electron chi connectivity index (χ0n) is 13.8. The zero-order valence-corrected chi connectivity index (χ0v) is 15.4. The third-order valence-electron chi connectivity index (χ3n) is 4.09. The smallest absolute Gasteiger partial charge is 0.316 e. The second-order valence-electron chi connectivity index (χ2n) is 5.81. The molecule has 0 spiro atoms. The minimum atomic E-state index is -0.0668. The number of thioether (sulfide) groups is 1. The van der Waals surface area contributed by atoms with Gasteiger partial charge < -0.3 is 10.1 Å². The van der Waals surface area contributed by atoms with Gasteiger partial charge in [0, 0.05) is 12.2 Å². The summed E-state index contributed by atoms with van der Waals surface area (Å²) >= 11 is 7.24. The summed E-state index contributed by atoms with van der Waals surface area (Å²) < 4.78 is 5.78. The normalized spacial score (nSPS) is 20.1. The monoisotopic (exact) mass is 378 g/mol. The first-order chi connectivity index (χ1) is 12.2. The van der Waals surface area contributed by atoms with Crippen LogP contribution in [0.5, 0.6) is 6.01 Å². The quantitative estimate of drug-likeness (QED) is 0.804. The van der Waals surface area contributed by atoms with Crippen LogP contribution >= 0.6 is 23.4 Å². The van der Waals surface area contributed by atoms with Crippen molar-refractivity contribution in [1.82, 2.24) is 20.3 Å². The number of carbonyl (C=O) groups is 1. The van der Waals surface area contributed by atoms with E-state index >= 15 is 0 Å². The molecule has 0 aromatic carbocycles. The van der Waals surface area contributed by atoms with E-state index in [2.05, 4.69) is 20.3 Å². The molecule has 0 bridgehead atoms. The van der Waals surface area contributed by atoms with Crippen molar-refractivity contribution in [1.29, 1.82) is 0 Å². The van der Waals surface area contributed by atoms with Gasteiger partial charge >= 0.3 is 6.01 Å². The van der Waals surface area contributed by atoms with Gasteiger partial charge in [0.05, 0.1) is 23.0 Å². The number of pyridine rings is 1. The van der Waals surface area contributed by atoms with Gasteiger partial charge in [-0.25, -0.2) is 15.0 Å². The van der Waals surface area contributed by atoms with Gasteiger partial charge in [0.25, 0.3) is 5.91 Å². The third kappa shape index (κ3) is 4.83. The Morgan fingerprint density at radius 1 is 1.24 bits per heavy atom. The number of carbonyl (C=O) groups excluding carboxylic acids is 1. The summed E-state index contributed by atoms with van der Waals surface area (Å²) in [7, 11) is 0. The van der Waals surface area contributed by atoms with Gasteiger partial charge in [-0.2, -0.15) is 0 Å². The van der Waals surface area contributed by atoms with Crippen molar-refractivity contribution in [2.45, 2.75) is 42.9 Å². The molecule has 3 rings (SSSR count). The topological polar surface area (TPSA) is 77.0 Å². The predicted octanol–water partition coefficient (Wildman–Crippen LogP) is 3.37. The summed E-state index contributed by atoms with van der Waals surface area (Å²) in [5.74, 6) is -0.0668. The number of halogens is 1. The Bertz CT molecular complexity index is 721. The highest BCUT2D eigenvalue weighted by molar-refractivity contribution is 7.98. The standard InChI is InChI=1S/C17H19ClN4O2S/c1-25-16-14(3-2-8-19-16)15(23)22-12-4-6-13(7-5-12)24-17-20-9-11(18)10-21-17/h2-3,8-10,12-13H,4-7H2,1H3,(H,22,23). The molecular weight excluding hydrogens is 360 g/mol. The highest BCUT2D eigenvalue weighted by Gasteiger charge is 2.25. The van der Waals surface area contributed by atoms with Crippen LogP contribution in [-0.2, 0) is 0 Å². The van der Waals surface area contributed by atoms with Crippen LogP contribution in [0.15, 0.2) is 35.7 Å². The van der Waals surface area contributed by atoms with E-state index in [9.17, 15) is 4.79 Å². The van der Waals surface area contributed by atoms with E-state index in [-0.39, 0.29) is 18.1 Å². The van der Waals surface area contributed by atoms with Crippen molar-refractivity contribution in [3.05, 3.63) is 41.3 Å². The molecule has 1 fully saturated rings. The predicted molar refractivity (Wildman–Crippen MR) is 97.2 cm³/mol. The Labute approximate surface area is 155 Å². The number of hydrogen-bond acceptors (Lipinski definition) is 6. The fourth-order valence-electron chi connectivity index (χ4n) is 2.82. The van der Waals surface area contributed by atoms with E-state index < -0.39 is 0 Å². The maximum atomic E-state index is 12.5. The Morgan fingerprint density at radius 2 is 1.96 bits per heavy atom. The lowest BCUT2D eigenvalue weighted by Crippen LogP contribution is -2.40. The summed E-state index contributed by atoms with van der Waals surface area (Å²) in [4.78, 5) is 24.8. The van der Waals surface area contributed by atoms with E-state index in [1.54, 1.807) is 18.3 Å². The minimum absolute atomic E-state index is 0.0643. The number of nitrogens with one attached hydrogen (secondary N) is 1. The zero-order chi connectivity index (χ0) is 17.6. The van der Waals surface area contributed by atoms with Crippen molar-refractivity contribution in [2.75, 3.05) is 6.26 Å². The largest absolute Gasteiger partial charge is 0.460 e. The van der Waals surface area contributed by atoms with E-state index in [1.807, 2.05) is 6.26 Å². The molecule has 1 aliphatic carbocycles. The molecule has 2 aromatic rings. The number of ether oxygens (including phenoxy) is 1. The first kappa shape index (κ1) is 17.9. The molecule has 6 nitrogen and oxygen atoms in total. The van der Waals surface area contributed by atoms with Crippen molar-refractivity contribution in [3.63, 3.8) is 0 Å². The van der Waals surface area contributed by atoms with Gasteiger partial charge in [-0.1, -0.05) is 11.6 Å². The van der Waals surface area contributed by atoms with Crippen molar-refractivity contribution < 1.29 is 9.53 Å². The van der Waals surface area contributed by atoms with Crippen LogP contribution in [0.4, 0.5) is 0 Å². The van der Waals surface area contributed by atoms with Crippen LogP contribution in [0.3, 0.4) is 0 Å². The molecule has 2 heterocycles. The van der Waals surface area contributed by atoms with E-state index in [4.69, 9.17) is 16.3 Å². The van der Waals surface area contributed by atoms with Crippen molar-refractivity contribution >= 4 is 29.3 Å². The van der Waals surface area contributed by atoms with Gasteiger partial charge in [0.2, 0.25) is 0 Å². The fourth-order valence-corrected chi connectivity index (χ4v) is 3.47. The third-order valence-corrected chi connectivity index (χ3v) is 4.99. The summed E-state index contributed by atoms with van der Waals surface area (Å²) in [6, 6.07) is 4.08. The second kappa shape index (κ2) is 8.49. The SMILES string of the molecule is CSc1ncccc1C(=O)NC1CCC(Oc2ncc(Cl)cn2)CC1. The van der Waals surface area contributed by atoms with Crippen LogP contribution in [0.1, 0.15) is 36.0 Å². The van der Waals surface area contributed by atoms with Gasteiger partial charge in [-0.05, 0) is 44.1 Å². The van der Waals surface area contributed by atoms with Crippen LogP contribution in [0, 0.1) is 0 Å². The molecule has 0 radical (unpaired) electrons. The number of aromatic nitrogens is 3. The molecule has 1 aliphatic rings. The summed E-state index contributed by atoms with van der Waals surface area (Å²) in [5, 5.41) is 4.34. The first-order valence-corrected chi connectivity index (χ1v) is 9.70. The molecule has 25 heavy (non-hydrogen) atoms. The van der Waals surface area contributed by atoms with Crippen molar-refractivity contribution in [2.24, 2.45) is 0 Å². The Hall–Kier alpha value is -1.86. The molecule has 0 unspecified atom stereocenters. The minimum Gasteiger partial charge on any atom is -0.460 e. The molecule has 1 N–H and O–H groups in total. The molecule has 0 aliphatic heterocycles. The highest BCUT2D eigenvalue weighted by Crippen LogP contribution is 2.23.